The van der Waals surface area contributed by atoms with Gasteiger partial charge >= 0.3 is 0 Å². The van der Waals surface area contributed by atoms with Crippen molar-refractivity contribution >= 4 is 5.91 Å². The molecule has 2 N–H and O–H groups in total. The zero-order valence-electron chi connectivity index (χ0n) is 9.03. The van der Waals surface area contributed by atoms with Crippen molar-refractivity contribution in [2.45, 2.75) is 38.3 Å². The van der Waals surface area contributed by atoms with Crippen molar-refractivity contribution in [3.05, 3.63) is 0 Å². The summed E-state index contributed by atoms with van der Waals surface area (Å²) in [4.78, 5) is 13.3. The van der Waals surface area contributed by atoms with Gasteiger partial charge in [-0.15, -0.1) is 0 Å². The van der Waals surface area contributed by atoms with Gasteiger partial charge in [-0.2, -0.15) is 0 Å². The summed E-state index contributed by atoms with van der Waals surface area (Å²) in [5, 5.41) is 0. The SMILES string of the molecule is CC[C@H](N)C(=O)N(C)CC1CCCO1. The average Bonchev–Trinajstić information content (AvgIpc) is 2.68. The van der Waals surface area contributed by atoms with Crippen molar-refractivity contribution in [3.8, 4) is 0 Å². The van der Waals surface area contributed by atoms with Gasteiger partial charge in [0.2, 0.25) is 5.91 Å². The van der Waals surface area contributed by atoms with Crippen molar-refractivity contribution in [2.75, 3.05) is 20.2 Å². The third kappa shape index (κ3) is 2.96. The number of carbonyl (C=O) groups is 1. The fourth-order valence-electron chi connectivity index (χ4n) is 1.64. The van der Waals surface area contributed by atoms with Crippen molar-refractivity contribution in [3.63, 3.8) is 0 Å². The van der Waals surface area contributed by atoms with Gasteiger partial charge in [0, 0.05) is 20.2 Å². The van der Waals surface area contributed by atoms with Crippen LogP contribution in [0.5, 0.6) is 0 Å². The molecule has 0 bridgehead atoms. The van der Waals surface area contributed by atoms with E-state index in [9.17, 15) is 4.79 Å². The fraction of sp³-hybridized carbons (Fsp3) is 0.900. The third-order valence-electron chi connectivity index (χ3n) is 2.63. The van der Waals surface area contributed by atoms with E-state index < -0.39 is 0 Å². The highest BCUT2D eigenvalue weighted by atomic mass is 16.5. The van der Waals surface area contributed by atoms with Crippen LogP contribution in [0.4, 0.5) is 0 Å². The standard InChI is InChI=1S/C10H20N2O2/c1-3-9(11)10(13)12(2)7-8-5-4-6-14-8/h8-9H,3-7,11H2,1-2H3/t8?,9-/m0/s1. The van der Waals surface area contributed by atoms with Crippen molar-refractivity contribution in [2.24, 2.45) is 5.73 Å². The quantitative estimate of drug-likeness (QED) is 0.713. The molecule has 1 aliphatic rings. The van der Waals surface area contributed by atoms with Crippen LogP contribution in [0.15, 0.2) is 0 Å². The zero-order valence-corrected chi connectivity index (χ0v) is 9.03. The molecule has 0 aromatic carbocycles. The number of hydrogen-bond acceptors (Lipinski definition) is 3. The van der Waals surface area contributed by atoms with Gasteiger partial charge in [0.1, 0.15) is 0 Å². The highest BCUT2D eigenvalue weighted by Crippen LogP contribution is 2.13. The summed E-state index contributed by atoms with van der Waals surface area (Å²) >= 11 is 0. The highest BCUT2D eigenvalue weighted by Gasteiger charge is 2.22. The molecule has 0 aromatic heterocycles. The van der Waals surface area contributed by atoms with E-state index >= 15 is 0 Å². The second-order valence-corrected chi connectivity index (χ2v) is 3.87. The van der Waals surface area contributed by atoms with Gasteiger partial charge in [-0.05, 0) is 19.3 Å². The molecule has 4 nitrogen and oxygen atoms in total. The topological polar surface area (TPSA) is 55.6 Å². The van der Waals surface area contributed by atoms with Gasteiger partial charge in [0.05, 0.1) is 12.1 Å². The van der Waals surface area contributed by atoms with E-state index in [1.165, 1.54) is 0 Å². The summed E-state index contributed by atoms with van der Waals surface area (Å²) in [5.41, 5.74) is 5.66. The molecule has 0 saturated carbocycles. The van der Waals surface area contributed by atoms with E-state index in [2.05, 4.69) is 0 Å². The minimum Gasteiger partial charge on any atom is -0.376 e. The van der Waals surface area contributed by atoms with Crippen LogP contribution in [0.1, 0.15) is 26.2 Å². The Hall–Kier alpha value is -0.610. The number of ether oxygens (including phenoxy) is 1. The van der Waals surface area contributed by atoms with E-state index in [4.69, 9.17) is 10.5 Å². The maximum absolute atomic E-state index is 11.6. The fourth-order valence-corrected chi connectivity index (χ4v) is 1.64. The minimum atomic E-state index is -0.360. The predicted octanol–water partition coefficient (Wildman–Crippen LogP) is 0.361. The summed E-state index contributed by atoms with van der Waals surface area (Å²) < 4.78 is 5.45. The number of carbonyl (C=O) groups excluding carboxylic acids is 1. The maximum Gasteiger partial charge on any atom is 0.239 e. The highest BCUT2D eigenvalue weighted by molar-refractivity contribution is 5.81. The first-order valence-corrected chi connectivity index (χ1v) is 5.27. The van der Waals surface area contributed by atoms with Gasteiger partial charge in [0.15, 0.2) is 0 Å². The van der Waals surface area contributed by atoms with E-state index in [0.717, 1.165) is 19.4 Å². The number of rotatable bonds is 4. The molecule has 1 rings (SSSR count). The predicted molar refractivity (Wildman–Crippen MR) is 54.9 cm³/mol. The Kier molecular flexibility index (Phi) is 4.35. The Morgan fingerprint density at radius 2 is 2.43 bits per heavy atom. The van der Waals surface area contributed by atoms with Gasteiger partial charge in [-0.1, -0.05) is 6.92 Å². The largest absolute Gasteiger partial charge is 0.376 e. The number of amides is 1. The third-order valence-corrected chi connectivity index (χ3v) is 2.63. The van der Waals surface area contributed by atoms with E-state index in [1.54, 1.807) is 11.9 Å². The molecule has 1 unspecified atom stereocenters. The maximum atomic E-state index is 11.6. The minimum absolute atomic E-state index is 0.0167. The lowest BCUT2D eigenvalue weighted by Crippen LogP contribution is -2.44. The van der Waals surface area contributed by atoms with E-state index in [-0.39, 0.29) is 18.1 Å². The lowest BCUT2D eigenvalue weighted by Gasteiger charge is -2.23. The first kappa shape index (κ1) is 11.5. The summed E-state index contributed by atoms with van der Waals surface area (Å²) in [5.74, 6) is 0.0167. The molecule has 0 spiro atoms. The van der Waals surface area contributed by atoms with Crippen molar-refractivity contribution < 1.29 is 9.53 Å². The lowest BCUT2D eigenvalue weighted by atomic mass is 10.2. The molecule has 4 heteroatoms. The molecule has 14 heavy (non-hydrogen) atoms. The molecular weight excluding hydrogens is 180 g/mol. The van der Waals surface area contributed by atoms with Crippen LogP contribution in [0.3, 0.4) is 0 Å². The van der Waals surface area contributed by atoms with Gasteiger partial charge in [-0.25, -0.2) is 0 Å². The molecule has 1 amide bonds. The molecule has 1 heterocycles. The Balaban J connectivity index is 2.32. The Labute approximate surface area is 85.4 Å². The van der Waals surface area contributed by atoms with Crippen molar-refractivity contribution in [1.29, 1.82) is 0 Å². The van der Waals surface area contributed by atoms with E-state index in [1.807, 2.05) is 6.92 Å². The first-order valence-electron chi connectivity index (χ1n) is 5.27. The van der Waals surface area contributed by atoms with Crippen LogP contribution < -0.4 is 5.73 Å². The smallest absolute Gasteiger partial charge is 0.239 e. The number of nitrogens with zero attached hydrogens (tertiary/aromatic N) is 1. The average molecular weight is 200 g/mol. The molecule has 0 aliphatic carbocycles. The summed E-state index contributed by atoms with van der Waals surface area (Å²) in [6.07, 6.45) is 3.06. The number of hydrogen-bond donors (Lipinski definition) is 1. The van der Waals surface area contributed by atoms with Crippen LogP contribution in [0.2, 0.25) is 0 Å². The Morgan fingerprint density at radius 1 is 1.71 bits per heavy atom. The second-order valence-electron chi connectivity index (χ2n) is 3.87. The van der Waals surface area contributed by atoms with Gasteiger partial charge in [0.25, 0.3) is 0 Å². The van der Waals surface area contributed by atoms with Crippen molar-refractivity contribution in [1.82, 2.24) is 4.90 Å². The molecule has 1 aliphatic heterocycles. The molecule has 0 aromatic rings. The second kappa shape index (κ2) is 5.32. The molecule has 0 radical (unpaired) electrons. The van der Waals surface area contributed by atoms with Crippen LogP contribution >= 0.6 is 0 Å². The monoisotopic (exact) mass is 200 g/mol. The number of nitrogens with two attached hydrogens (primary N) is 1. The molecular formula is C10H20N2O2. The van der Waals surface area contributed by atoms with E-state index in [0.29, 0.717) is 13.0 Å². The molecule has 1 fully saturated rings. The summed E-state index contributed by atoms with van der Waals surface area (Å²) in [7, 11) is 1.79. The zero-order chi connectivity index (χ0) is 10.6. The normalized spacial score (nSPS) is 23.5. The van der Waals surface area contributed by atoms with Gasteiger partial charge < -0.3 is 15.4 Å². The Morgan fingerprint density at radius 3 is 2.93 bits per heavy atom. The first-order chi connectivity index (χ1) is 6.65. The summed E-state index contributed by atoms with van der Waals surface area (Å²) in [6.45, 7) is 3.42. The lowest BCUT2D eigenvalue weighted by molar-refractivity contribution is -0.132. The van der Waals surface area contributed by atoms with Crippen LogP contribution in [0.25, 0.3) is 0 Å². The van der Waals surface area contributed by atoms with Crippen LogP contribution in [0, 0.1) is 0 Å². The number of likely N-dealkylation sites (N-methyl/N-ethyl adjacent to an activating group) is 1. The van der Waals surface area contributed by atoms with Gasteiger partial charge in [-0.3, -0.25) is 4.79 Å². The summed E-state index contributed by atoms with van der Waals surface area (Å²) in [6, 6.07) is -0.360. The van der Waals surface area contributed by atoms with Crippen LogP contribution in [-0.4, -0.2) is 43.2 Å². The van der Waals surface area contributed by atoms with Crippen LogP contribution in [-0.2, 0) is 9.53 Å². The molecule has 2 atom stereocenters. The molecule has 82 valence electrons. The Bertz CT molecular complexity index is 191. The molecule has 1 saturated heterocycles.